The van der Waals surface area contributed by atoms with Crippen LogP contribution < -0.4 is 5.43 Å². The van der Waals surface area contributed by atoms with E-state index in [2.05, 4.69) is 13.2 Å². The van der Waals surface area contributed by atoms with Gasteiger partial charge in [0.25, 0.3) is 0 Å². The molecule has 0 saturated carbocycles. The Kier molecular flexibility index (Phi) is 7.12. The van der Waals surface area contributed by atoms with Crippen LogP contribution in [-0.4, -0.2) is 38.7 Å². The van der Waals surface area contributed by atoms with Crippen LogP contribution in [0.5, 0.6) is 5.75 Å². The summed E-state index contributed by atoms with van der Waals surface area (Å²) in [4.78, 5) is 24.3. The Balaban J connectivity index is 2.96. The Morgan fingerprint density at radius 2 is 1.95 bits per heavy atom. The van der Waals surface area contributed by atoms with Gasteiger partial charge in [-0.25, -0.2) is 0 Å². The van der Waals surface area contributed by atoms with E-state index < -0.39 is 11.4 Å². The lowest BCUT2D eigenvalue weighted by atomic mass is 10.2. The highest BCUT2D eigenvalue weighted by Gasteiger charge is 2.10. The van der Waals surface area contributed by atoms with Crippen molar-refractivity contribution in [1.29, 1.82) is 0 Å². The van der Waals surface area contributed by atoms with Gasteiger partial charge >= 0.3 is 5.97 Å². The Bertz CT molecular complexity index is 582. The van der Waals surface area contributed by atoms with Crippen LogP contribution in [0.15, 0.2) is 42.4 Å². The molecule has 6 heteroatoms. The molecule has 0 saturated heterocycles. The third-order valence-electron chi connectivity index (χ3n) is 3.15. The lowest BCUT2D eigenvalue weighted by Gasteiger charge is -2.22. The highest BCUT2D eigenvalue weighted by Crippen LogP contribution is 2.10. The Morgan fingerprint density at radius 3 is 2.50 bits per heavy atom. The number of aromatic hydroxyl groups is 1. The van der Waals surface area contributed by atoms with Crippen molar-refractivity contribution in [3.8, 4) is 5.75 Å². The van der Waals surface area contributed by atoms with E-state index in [9.17, 15) is 14.7 Å². The zero-order chi connectivity index (χ0) is 16.5. The molecule has 6 nitrogen and oxygen atoms in total. The molecule has 0 radical (unpaired) electrons. The fourth-order valence-corrected chi connectivity index (χ4v) is 2.15. The first kappa shape index (κ1) is 17.7. The van der Waals surface area contributed by atoms with Crippen LogP contribution in [0.1, 0.15) is 18.5 Å². The van der Waals surface area contributed by atoms with Gasteiger partial charge in [0.05, 0.1) is 6.20 Å². The van der Waals surface area contributed by atoms with Gasteiger partial charge in [0, 0.05) is 44.4 Å². The number of hydrogen-bond acceptors (Lipinski definition) is 4. The molecule has 0 amide bonds. The largest absolute Gasteiger partial charge is 0.503 e. The van der Waals surface area contributed by atoms with Crippen molar-refractivity contribution in [3.63, 3.8) is 0 Å². The van der Waals surface area contributed by atoms with Crippen molar-refractivity contribution < 1.29 is 15.0 Å². The quantitative estimate of drug-likeness (QED) is 0.641. The molecule has 1 aromatic heterocycles. The van der Waals surface area contributed by atoms with E-state index in [0.717, 1.165) is 5.69 Å². The summed E-state index contributed by atoms with van der Waals surface area (Å²) in [5, 5.41) is 18.3. The van der Waals surface area contributed by atoms with Crippen LogP contribution in [0, 0.1) is 0 Å². The summed E-state index contributed by atoms with van der Waals surface area (Å²) in [6.45, 7) is 9.57. The van der Waals surface area contributed by atoms with Crippen molar-refractivity contribution in [3.05, 3.63) is 53.5 Å². The van der Waals surface area contributed by atoms with Crippen molar-refractivity contribution in [2.45, 2.75) is 25.9 Å². The van der Waals surface area contributed by atoms with Gasteiger partial charge in [0.1, 0.15) is 0 Å². The van der Waals surface area contributed by atoms with Gasteiger partial charge in [-0.15, -0.1) is 13.2 Å². The van der Waals surface area contributed by atoms with Crippen molar-refractivity contribution in [1.82, 2.24) is 9.47 Å². The molecule has 0 aromatic carbocycles. The molecule has 0 aliphatic heterocycles. The minimum atomic E-state index is -0.869. The maximum absolute atomic E-state index is 11.7. The Labute approximate surface area is 129 Å². The predicted octanol–water partition coefficient (Wildman–Crippen LogP) is 1.59. The molecule has 0 spiro atoms. The molecule has 1 rings (SSSR count). The molecule has 1 aromatic rings. The first-order chi connectivity index (χ1) is 10.5. The van der Waals surface area contributed by atoms with Gasteiger partial charge in [-0.1, -0.05) is 12.2 Å². The number of carboxylic acids is 1. The van der Waals surface area contributed by atoms with E-state index >= 15 is 0 Å². The van der Waals surface area contributed by atoms with E-state index in [0.29, 0.717) is 32.6 Å². The van der Waals surface area contributed by atoms with Crippen molar-refractivity contribution >= 4 is 5.97 Å². The monoisotopic (exact) mass is 306 g/mol. The molecule has 0 fully saturated rings. The SMILES string of the molecule is C=CCN(CC=C)Cc1cc(=O)c(O)cn1CCCC(=O)O. The fraction of sp³-hybridized carbons (Fsp3) is 0.375. The predicted molar refractivity (Wildman–Crippen MR) is 84.9 cm³/mol. The van der Waals surface area contributed by atoms with Gasteiger partial charge < -0.3 is 14.8 Å². The lowest BCUT2D eigenvalue weighted by molar-refractivity contribution is -0.137. The maximum atomic E-state index is 11.7. The maximum Gasteiger partial charge on any atom is 0.303 e. The summed E-state index contributed by atoms with van der Waals surface area (Å²) in [6.07, 6.45) is 5.34. The molecule has 0 atom stereocenters. The number of aliphatic carboxylic acids is 1. The van der Waals surface area contributed by atoms with E-state index in [1.807, 2.05) is 4.90 Å². The normalized spacial score (nSPS) is 10.6. The number of rotatable bonds is 10. The van der Waals surface area contributed by atoms with Crippen LogP contribution >= 0.6 is 0 Å². The van der Waals surface area contributed by atoms with Gasteiger partial charge in [0.15, 0.2) is 5.75 Å². The van der Waals surface area contributed by atoms with E-state index in [-0.39, 0.29) is 12.2 Å². The summed E-state index contributed by atoms with van der Waals surface area (Å²) in [5.41, 5.74) is 0.276. The van der Waals surface area contributed by atoms with Gasteiger partial charge in [-0.05, 0) is 6.42 Å². The summed E-state index contributed by atoms with van der Waals surface area (Å²) < 4.78 is 1.72. The number of carboxylic acid groups (broad SMARTS) is 1. The smallest absolute Gasteiger partial charge is 0.303 e. The van der Waals surface area contributed by atoms with E-state index in [4.69, 9.17) is 5.11 Å². The minimum Gasteiger partial charge on any atom is -0.503 e. The number of carbonyl (C=O) groups is 1. The summed E-state index contributed by atoms with van der Waals surface area (Å²) >= 11 is 0. The fourth-order valence-electron chi connectivity index (χ4n) is 2.15. The average molecular weight is 306 g/mol. The first-order valence-electron chi connectivity index (χ1n) is 7.06. The number of pyridine rings is 1. The van der Waals surface area contributed by atoms with Crippen molar-refractivity contribution in [2.75, 3.05) is 13.1 Å². The van der Waals surface area contributed by atoms with Crippen molar-refractivity contribution in [2.24, 2.45) is 0 Å². The zero-order valence-corrected chi connectivity index (χ0v) is 12.6. The highest BCUT2D eigenvalue weighted by molar-refractivity contribution is 5.66. The second-order valence-electron chi connectivity index (χ2n) is 4.98. The van der Waals surface area contributed by atoms with E-state index in [1.54, 1.807) is 16.7 Å². The van der Waals surface area contributed by atoms with Crippen LogP contribution in [0.4, 0.5) is 0 Å². The summed E-state index contributed by atoms with van der Waals surface area (Å²) in [6, 6.07) is 1.38. The van der Waals surface area contributed by atoms with Crippen LogP contribution in [0.2, 0.25) is 0 Å². The first-order valence-corrected chi connectivity index (χ1v) is 7.06. The zero-order valence-electron chi connectivity index (χ0n) is 12.6. The molecule has 1 heterocycles. The topological polar surface area (TPSA) is 82.8 Å². The van der Waals surface area contributed by atoms with Gasteiger partial charge in [-0.2, -0.15) is 0 Å². The van der Waals surface area contributed by atoms with Crippen LogP contribution in [-0.2, 0) is 17.9 Å². The van der Waals surface area contributed by atoms with E-state index in [1.165, 1.54) is 12.3 Å². The molecule has 120 valence electrons. The third-order valence-corrected chi connectivity index (χ3v) is 3.15. The Morgan fingerprint density at radius 1 is 1.32 bits per heavy atom. The highest BCUT2D eigenvalue weighted by atomic mass is 16.4. The average Bonchev–Trinajstić information content (AvgIpc) is 2.44. The van der Waals surface area contributed by atoms with Gasteiger partial charge in [0.2, 0.25) is 5.43 Å². The van der Waals surface area contributed by atoms with Crippen LogP contribution in [0.3, 0.4) is 0 Å². The van der Waals surface area contributed by atoms with Gasteiger partial charge in [-0.3, -0.25) is 14.5 Å². The summed E-state index contributed by atoms with van der Waals surface area (Å²) in [7, 11) is 0. The molecule has 0 aliphatic carbocycles. The molecule has 0 bridgehead atoms. The number of aromatic nitrogens is 1. The number of nitrogens with zero attached hydrogens (tertiary/aromatic N) is 2. The molecule has 0 unspecified atom stereocenters. The molecule has 2 N–H and O–H groups in total. The number of aryl methyl sites for hydroxylation is 1. The summed E-state index contributed by atoms with van der Waals surface area (Å²) in [5.74, 6) is -1.20. The lowest BCUT2D eigenvalue weighted by Crippen LogP contribution is -2.26. The molecular weight excluding hydrogens is 284 g/mol. The number of hydrogen-bond donors (Lipinski definition) is 2. The second-order valence-corrected chi connectivity index (χ2v) is 4.98. The molecule has 0 aliphatic rings. The molecular formula is C16H22N2O4. The second kappa shape index (κ2) is 8.84. The minimum absolute atomic E-state index is 0.0371. The third kappa shape index (κ3) is 5.57. The molecule has 22 heavy (non-hydrogen) atoms. The standard InChI is InChI=1S/C16H22N2O4/c1-3-7-17(8-4-2)11-13-10-14(19)15(20)12-18(13)9-5-6-16(21)22/h3-4,10,12,20H,1-2,5-9,11H2,(H,21,22). The Hall–Kier alpha value is -2.34. The van der Waals surface area contributed by atoms with Crippen LogP contribution in [0.25, 0.3) is 0 Å².